The number of amides is 2. The number of hydrogen-bond donors (Lipinski definition) is 2. The Labute approximate surface area is 153 Å². The smallest absolute Gasteiger partial charge is 0.254 e. The van der Waals surface area contributed by atoms with Crippen LogP contribution in [0.1, 0.15) is 28.8 Å². The lowest BCUT2D eigenvalue weighted by Gasteiger charge is -2.27. The molecule has 5 nitrogen and oxygen atoms in total. The molecule has 2 aromatic rings. The van der Waals surface area contributed by atoms with Gasteiger partial charge in [0.25, 0.3) is 5.91 Å². The first-order valence-electron chi connectivity index (χ1n) is 8.99. The third-order valence-corrected chi connectivity index (χ3v) is 4.88. The van der Waals surface area contributed by atoms with Crippen LogP contribution >= 0.6 is 0 Å². The molecule has 2 atom stereocenters. The lowest BCUT2D eigenvalue weighted by atomic mass is 9.96. The molecule has 0 bridgehead atoms. The van der Waals surface area contributed by atoms with Gasteiger partial charge in [0.05, 0.1) is 0 Å². The molecule has 0 radical (unpaired) electrons. The second-order valence-electron chi connectivity index (χ2n) is 6.57. The van der Waals surface area contributed by atoms with Crippen LogP contribution in [0.4, 0.5) is 0 Å². The van der Waals surface area contributed by atoms with E-state index in [1.165, 1.54) is 0 Å². The maximum atomic E-state index is 12.9. The van der Waals surface area contributed by atoms with E-state index in [1.54, 1.807) is 17.0 Å². The Balaban J connectivity index is 1.74. The highest BCUT2D eigenvalue weighted by Crippen LogP contribution is 2.29. The van der Waals surface area contributed by atoms with Gasteiger partial charge in [-0.1, -0.05) is 48.5 Å². The summed E-state index contributed by atoms with van der Waals surface area (Å²) in [6.45, 7) is 0.970. The number of likely N-dealkylation sites (tertiary alicyclic amines) is 1. The molecule has 2 amide bonds. The number of aliphatic hydroxyl groups excluding tert-OH is 1. The van der Waals surface area contributed by atoms with Crippen molar-refractivity contribution in [2.75, 3.05) is 13.2 Å². The second kappa shape index (κ2) is 8.63. The zero-order chi connectivity index (χ0) is 18.4. The summed E-state index contributed by atoms with van der Waals surface area (Å²) >= 11 is 0. The molecule has 3 rings (SSSR count). The first kappa shape index (κ1) is 18.1. The topological polar surface area (TPSA) is 69.6 Å². The quantitative estimate of drug-likeness (QED) is 0.837. The minimum atomic E-state index is -0.543. The number of rotatable bonds is 6. The lowest BCUT2D eigenvalue weighted by Crippen LogP contribution is -2.48. The minimum absolute atomic E-state index is 0.0144. The molecule has 1 aliphatic heterocycles. The van der Waals surface area contributed by atoms with E-state index in [2.05, 4.69) is 5.32 Å². The highest BCUT2D eigenvalue weighted by molar-refractivity contribution is 5.98. The Morgan fingerprint density at radius 2 is 1.69 bits per heavy atom. The third kappa shape index (κ3) is 4.11. The molecular formula is C21H24N2O3. The zero-order valence-corrected chi connectivity index (χ0v) is 14.7. The summed E-state index contributed by atoms with van der Waals surface area (Å²) in [4.78, 5) is 27.4. The number of carbonyl (C=O) groups excluding carboxylic acids is 2. The van der Waals surface area contributed by atoms with Crippen LogP contribution in [0.3, 0.4) is 0 Å². The Kier molecular flexibility index (Phi) is 6.02. The van der Waals surface area contributed by atoms with Crippen molar-refractivity contribution in [3.63, 3.8) is 0 Å². The molecule has 26 heavy (non-hydrogen) atoms. The van der Waals surface area contributed by atoms with Crippen LogP contribution in [0.5, 0.6) is 0 Å². The normalized spacial score (nSPS) is 19.3. The molecule has 5 heteroatoms. The van der Waals surface area contributed by atoms with Crippen molar-refractivity contribution in [1.29, 1.82) is 0 Å². The average Bonchev–Trinajstić information content (AvgIpc) is 3.11. The standard InChI is InChI=1S/C21H24N2O3/c24-14-12-17-11-13-23(21(26)18-9-5-2-6-10-18)19(17)20(25)22-15-16-7-3-1-4-8-16/h1-10,17,19,24H,11-15H2,(H,22,25)/t17-,19-/m0/s1. The zero-order valence-electron chi connectivity index (χ0n) is 14.7. The van der Waals surface area contributed by atoms with E-state index >= 15 is 0 Å². The molecule has 2 aromatic carbocycles. The number of nitrogens with one attached hydrogen (secondary N) is 1. The van der Waals surface area contributed by atoms with Crippen LogP contribution in [-0.4, -0.2) is 41.0 Å². The molecule has 136 valence electrons. The van der Waals surface area contributed by atoms with Gasteiger partial charge in [0.2, 0.25) is 5.91 Å². The summed E-state index contributed by atoms with van der Waals surface area (Å²) < 4.78 is 0. The summed E-state index contributed by atoms with van der Waals surface area (Å²) in [5, 5.41) is 12.3. The van der Waals surface area contributed by atoms with Crippen molar-refractivity contribution < 1.29 is 14.7 Å². The van der Waals surface area contributed by atoms with Crippen LogP contribution in [0.2, 0.25) is 0 Å². The molecule has 2 N–H and O–H groups in total. The van der Waals surface area contributed by atoms with E-state index in [4.69, 9.17) is 0 Å². The van der Waals surface area contributed by atoms with Crippen molar-refractivity contribution in [1.82, 2.24) is 10.2 Å². The van der Waals surface area contributed by atoms with Gasteiger partial charge in [-0.05, 0) is 36.5 Å². The van der Waals surface area contributed by atoms with E-state index in [0.717, 1.165) is 12.0 Å². The summed E-state index contributed by atoms with van der Waals surface area (Å²) in [7, 11) is 0. The Morgan fingerprint density at radius 1 is 1.04 bits per heavy atom. The predicted molar refractivity (Wildman–Crippen MR) is 99.4 cm³/mol. The van der Waals surface area contributed by atoms with Gasteiger partial charge in [0, 0.05) is 25.3 Å². The van der Waals surface area contributed by atoms with Gasteiger partial charge < -0.3 is 15.3 Å². The van der Waals surface area contributed by atoms with Gasteiger partial charge in [-0.15, -0.1) is 0 Å². The largest absolute Gasteiger partial charge is 0.396 e. The van der Waals surface area contributed by atoms with Crippen molar-refractivity contribution in [2.45, 2.75) is 25.4 Å². The molecule has 0 unspecified atom stereocenters. The van der Waals surface area contributed by atoms with Crippen molar-refractivity contribution in [3.05, 3.63) is 71.8 Å². The number of carbonyl (C=O) groups is 2. The SMILES string of the molecule is O=C(NCc1ccccc1)[C@@H]1[C@H](CCO)CCN1C(=O)c1ccccc1. The molecule has 1 fully saturated rings. The van der Waals surface area contributed by atoms with Crippen molar-refractivity contribution in [3.8, 4) is 0 Å². The van der Waals surface area contributed by atoms with E-state index in [0.29, 0.717) is 25.1 Å². The van der Waals surface area contributed by atoms with Crippen molar-refractivity contribution in [2.24, 2.45) is 5.92 Å². The maximum absolute atomic E-state index is 12.9. The number of benzene rings is 2. The lowest BCUT2D eigenvalue weighted by molar-refractivity contribution is -0.126. The number of nitrogens with zero attached hydrogens (tertiary/aromatic N) is 1. The average molecular weight is 352 g/mol. The first-order valence-corrected chi connectivity index (χ1v) is 8.99. The van der Waals surface area contributed by atoms with E-state index < -0.39 is 6.04 Å². The summed E-state index contributed by atoms with van der Waals surface area (Å²) in [6, 6.07) is 18.2. The minimum Gasteiger partial charge on any atom is -0.396 e. The molecule has 0 saturated carbocycles. The van der Waals surface area contributed by atoms with Gasteiger partial charge in [0.15, 0.2) is 0 Å². The fourth-order valence-electron chi connectivity index (χ4n) is 3.54. The molecule has 1 saturated heterocycles. The second-order valence-corrected chi connectivity index (χ2v) is 6.57. The van der Waals surface area contributed by atoms with E-state index in [-0.39, 0.29) is 24.3 Å². The van der Waals surface area contributed by atoms with Crippen LogP contribution in [0.15, 0.2) is 60.7 Å². The van der Waals surface area contributed by atoms with E-state index in [1.807, 2.05) is 48.5 Å². The first-order chi connectivity index (χ1) is 12.7. The van der Waals surface area contributed by atoms with Crippen LogP contribution in [-0.2, 0) is 11.3 Å². The van der Waals surface area contributed by atoms with Crippen LogP contribution in [0, 0.1) is 5.92 Å². The molecule has 1 heterocycles. The summed E-state index contributed by atoms with van der Waals surface area (Å²) in [6.07, 6.45) is 1.24. The fourth-order valence-corrected chi connectivity index (χ4v) is 3.54. The number of hydrogen-bond acceptors (Lipinski definition) is 3. The van der Waals surface area contributed by atoms with Crippen LogP contribution in [0.25, 0.3) is 0 Å². The molecular weight excluding hydrogens is 328 g/mol. The summed E-state index contributed by atoms with van der Waals surface area (Å²) in [5.74, 6) is -0.316. The Bertz CT molecular complexity index is 733. The molecule has 0 aromatic heterocycles. The third-order valence-electron chi connectivity index (χ3n) is 4.88. The molecule has 1 aliphatic rings. The summed E-state index contributed by atoms with van der Waals surface area (Å²) in [5.41, 5.74) is 1.59. The van der Waals surface area contributed by atoms with Crippen LogP contribution < -0.4 is 5.32 Å². The molecule has 0 aliphatic carbocycles. The van der Waals surface area contributed by atoms with Crippen molar-refractivity contribution >= 4 is 11.8 Å². The van der Waals surface area contributed by atoms with Gasteiger partial charge in [-0.2, -0.15) is 0 Å². The Hall–Kier alpha value is -2.66. The highest BCUT2D eigenvalue weighted by Gasteiger charge is 2.41. The van der Waals surface area contributed by atoms with Gasteiger partial charge in [0.1, 0.15) is 6.04 Å². The predicted octanol–water partition coefficient (Wildman–Crippen LogP) is 2.22. The maximum Gasteiger partial charge on any atom is 0.254 e. The Morgan fingerprint density at radius 3 is 2.35 bits per heavy atom. The van der Waals surface area contributed by atoms with E-state index in [9.17, 15) is 14.7 Å². The monoisotopic (exact) mass is 352 g/mol. The fraction of sp³-hybridized carbons (Fsp3) is 0.333. The number of aliphatic hydroxyl groups is 1. The van der Waals surface area contributed by atoms with Gasteiger partial charge in [-0.25, -0.2) is 0 Å². The van der Waals surface area contributed by atoms with Gasteiger partial charge in [-0.3, -0.25) is 9.59 Å². The van der Waals surface area contributed by atoms with Gasteiger partial charge >= 0.3 is 0 Å². The highest BCUT2D eigenvalue weighted by atomic mass is 16.3. The molecule has 0 spiro atoms.